The normalized spacial score (nSPS) is 15.9. The fourth-order valence-electron chi connectivity index (χ4n) is 1.29. The van der Waals surface area contributed by atoms with Crippen LogP contribution in [0.5, 0.6) is 0 Å². The zero-order chi connectivity index (χ0) is 9.97. The molecule has 1 fully saturated rings. The number of hydrogen-bond acceptors (Lipinski definition) is 3. The van der Waals surface area contributed by atoms with Crippen LogP contribution >= 0.6 is 0 Å². The van der Waals surface area contributed by atoms with E-state index in [1.54, 1.807) is 0 Å². The molecule has 4 nitrogen and oxygen atoms in total. The summed E-state index contributed by atoms with van der Waals surface area (Å²) in [5.41, 5.74) is 0.940. The molecule has 1 aromatic rings. The average molecular weight is 191 g/mol. The van der Waals surface area contributed by atoms with Gasteiger partial charge in [0.15, 0.2) is 0 Å². The van der Waals surface area contributed by atoms with Gasteiger partial charge in [0.2, 0.25) is 0 Å². The third-order valence-corrected chi connectivity index (χ3v) is 1.95. The lowest BCUT2D eigenvalue weighted by molar-refractivity contribution is -0.180. The van der Waals surface area contributed by atoms with Crippen molar-refractivity contribution in [2.24, 2.45) is 0 Å². The summed E-state index contributed by atoms with van der Waals surface area (Å²) in [5, 5.41) is 1.09. The van der Waals surface area contributed by atoms with Crippen LogP contribution in [0.4, 0.5) is 0 Å². The van der Waals surface area contributed by atoms with Crippen LogP contribution in [-0.4, -0.2) is 16.9 Å². The number of carbonyl (C=O) groups is 2. The first-order valence-corrected chi connectivity index (χ1v) is 4.31. The van der Waals surface area contributed by atoms with Crippen LogP contribution < -0.4 is 0 Å². The highest BCUT2D eigenvalue weighted by atomic mass is 16.7. The predicted octanol–water partition coefficient (Wildman–Crippen LogP) is 0.877. The van der Waals surface area contributed by atoms with Gasteiger partial charge in [-0.3, -0.25) is 4.79 Å². The van der Waals surface area contributed by atoms with Crippen LogP contribution in [0.25, 0.3) is 0 Å². The van der Waals surface area contributed by atoms with Gasteiger partial charge in [0.05, 0.1) is 6.54 Å². The van der Waals surface area contributed by atoms with Crippen LogP contribution in [-0.2, 0) is 21.0 Å². The highest BCUT2D eigenvalue weighted by Gasteiger charge is 2.29. The first-order chi connectivity index (χ1) is 6.75. The van der Waals surface area contributed by atoms with Crippen LogP contribution in [0.15, 0.2) is 30.3 Å². The van der Waals surface area contributed by atoms with Crippen molar-refractivity contribution in [3.63, 3.8) is 0 Å². The molecule has 1 aromatic carbocycles. The van der Waals surface area contributed by atoms with Crippen molar-refractivity contribution in [2.75, 3.05) is 0 Å². The van der Waals surface area contributed by atoms with Crippen LogP contribution in [0, 0.1) is 0 Å². The van der Waals surface area contributed by atoms with Gasteiger partial charge in [0, 0.05) is 0 Å². The minimum atomic E-state index is -0.481. The zero-order valence-corrected chi connectivity index (χ0v) is 7.47. The molecule has 1 aliphatic rings. The van der Waals surface area contributed by atoms with E-state index in [9.17, 15) is 9.59 Å². The summed E-state index contributed by atoms with van der Waals surface area (Å²) in [6, 6.07) is 9.38. The maximum Gasteiger partial charge on any atom is 0.342 e. The Kier molecular flexibility index (Phi) is 2.18. The Morgan fingerprint density at radius 1 is 1.21 bits per heavy atom. The Hall–Kier alpha value is -1.84. The number of hydrogen-bond donors (Lipinski definition) is 0. The summed E-state index contributed by atoms with van der Waals surface area (Å²) in [4.78, 5) is 26.7. The van der Waals surface area contributed by atoms with Gasteiger partial charge in [-0.15, -0.1) is 0 Å². The smallest absolute Gasteiger partial charge is 0.337 e. The Bertz CT molecular complexity index is 361. The van der Waals surface area contributed by atoms with E-state index in [2.05, 4.69) is 0 Å². The zero-order valence-electron chi connectivity index (χ0n) is 7.47. The molecule has 72 valence electrons. The van der Waals surface area contributed by atoms with Crippen molar-refractivity contribution in [1.82, 2.24) is 5.06 Å². The molecule has 0 aliphatic carbocycles. The van der Waals surface area contributed by atoms with E-state index in [0.29, 0.717) is 6.54 Å². The Labute approximate surface area is 81.0 Å². The van der Waals surface area contributed by atoms with Gasteiger partial charge in [-0.05, 0) is 5.56 Å². The Balaban J connectivity index is 2.05. The molecule has 1 amide bonds. The molecule has 1 saturated heterocycles. The number of benzene rings is 1. The number of carbonyl (C=O) groups excluding carboxylic acids is 2. The summed E-state index contributed by atoms with van der Waals surface area (Å²) in [6.07, 6.45) is -0.146. The number of rotatable bonds is 2. The summed E-state index contributed by atoms with van der Waals surface area (Å²) >= 11 is 0. The molecule has 14 heavy (non-hydrogen) atoms. The van der Waals surface area contributed by atoms with E-state index >= 15 is 0 Å². The SMILES string of the molecule is O=C1CC(=O)N(Cc2ccccc2)O1. The molecule has 0 unspecified atom stereocenters. The molecule has 0 saturated carbocycles. The van der Waals surface area contributed by atoms with Gasteiger partial charge >= 0.3 is 5.97 Å². The quantitative estimate of drug-likeness (QED) is 0.652. The summed E-state index contributed by atoms with van der Waals surface area (Å²) in [6.45, 7) is 0.325. The van der Waals surface area contributed by atoms with Crippen molar-refractivity contribution < 1.29 is 14.4 Å². The molecule has 4 heteroatoms. The highest BCUT2D eigenvalue weighted by molar-refractivity contribution is 5.98. The van der Waals surface area contributed by atoms with E-state index in [1.165, 1.54) is 0 Å². The summed E-state index contributed by atoms with van der Waals surface area (Å²) in [5.74, 6) is -0.759. The van der Waals surface area contributed by atoms with E-state index < -0.39 is 5.97 Å². The maximum absolute atomic E-state index is 11.2. The van der Waals surface area contributed by atoms with Gasteiger partial charge in [-0.25, -0.2) is 4.79 Å². The molecular formula is C10H9NO3. The molecule has 0 aromatic heterocycles. The minimum Gasteiger partial charge on any atom is -0.337 e. The fraction of sp³-hybridized carbons (Fsp3) is 0.200. The van der Waals surface area contributed by atoms with E-state index in [4.69, 9.17) is 4.84 Å². The molecule has 1 aliphatic heterocycles. The van der Waals surface area contributed by atoms with E-state index in [1.807, 2.05) is 30.3 Å². The second kappa shape index (κ2) is 3.49. The molecule has 0 spiro atoms. The van der Waals surface area contributed by atoms with Gasteiger partial charge in [-0.1, -0.05) is 30.3 Å². The second-order valence-corrected chi connectivity index (χ2v) is 3.06. The fourth-order valence-corrected chi connectivity index (χ4v) is 1.29. The molecule has 0 N–H and O–H groups in total. The van der Waals surface area contributed by atoms with Gasteiger partial charge < -0.3 is 4.84 Å². The summed E-state index contributed by atoms with van der Waals surface area (Å²) < 4.78 is 0. The monoisotopic (exact) mass is 191 g/mol. The highest BCUT2D eigenvalue weighted by Crippen LogP contribution is 2.12. The standard InChI is InChI=1S/C10H9NO3/c12-9-6-10(13)14-11(9)7-8-4-2-1-3-5-8/h1-5H,6-7H2. The van der Waals surface area contributed by atoms with Gasteiger partial charge in [0.1, 0.15) is 6.42 Å². The maximum atomic E-state index is 11.2. The number of hydroxylamine groups is 2. The topological polar surface area (TPSA) is 46.6 Å². The first-order valence-electron chi connectivity index (χ1n) is 4.31. The lowest BCUT2D eigenvalue weighted by Crippen LogP contribution is -2.22. The average Bonchev–Trinajstić information content (AvgIpc) is 2.47. The van der Waals surface area contributed by atoms with Crippen molar-refractivity contribution in [1.29, 1.82) is 0 Å². The molecule has 0 bridgehead atoms. The molecule has 0 radical (unpaired) electrons. The van der Waals surface area contributed by atoms with Crippen molar-refractivity contribution in [3.05, 3.63) is 35.9 Å². The Morgan fingerprint density at radius 2 is 1.93 bits per heavy atom. The minimum absolute atomic E-state index is 0.146. The van der Waals surface area contributed by atoms with E-state index in [-0.39, 0.29) is 12.3 Å². The number of nitrogens with zero attached hydrogens (tertiary/aromatic N) is 1. The third-order valence-electron chi connectivity index (χ3n) is 1.95. The second-order valence-electron chi connectivity index (χ2n) is 3.06. The lowest BCUT2D eigenvalue weighted by Gasteiger charge is -2.12. The lowest BCUT2D eigenvalue weighted by atomic mass is 10.2. The molecule has 2 rings (SSSR count). The molecular weight excluding hydrogens is 182 g/mol. The number of amides is 1. The van der Waals surface area contributed by atoms with Crippen LogP contribution in [0.1, 0.15) is 12.0 Å². The Morgan fingerprint density at radius 3 is 2.50 bits per heavy atom. The van der Waals surface area contributed by atoms with Crippen LogP contribution in [0.3, 0.4) is 0 Å². The molecule has 0 atom stereocenters. The van der Waals surface area contributed by atoms with Crippen LogP contribution in [0.2, 0.25) is 0 Å². The van der Waals surface area contributed by atoms with Crippen molar-refractivity contribution in [3.8, 4) is 0 Å². The third kappa shape index (κ3) is 1.74. The van der Waals surface area contributed by atoms with Gasteiger partial charge in [0.25, 0.3) is 5.91 Å². The predicted molar refractivity (Wildman–Crippen MR) is 47.7 cm³/mol. The van der Waals surface area contributed by atoms with Crippen molar-refractivity contribution in [2.45, 2.75) is 13.0 Å². The molecule has 1 heterocycles. The van der Waals surface area contributed by atoms with Gasteiger partial charge in [-0.2, -0.15) is 5.06 Å². The van der Waals surface area contributed by atoms with E-state index in [0.717, 1.165) is 10.6 Å². The first kappa shape index (κ1) is 8.74. The largest absolute Gasteiger partial charge is 0.342 e. The summed E-state index contributed by atoms with van der Waals surface area (Å²) in [7, 11) is 0. The van der Waals surface area contributed by atoms with Crippen molar-refractivity contribution >= 4 is 11.9 Å².